The number of hydrogen-bond acceptors (Lipinski definition) is 2. The standard InChI is InChI=1S/C15H21N3S/c1-11-6-8-13(9-7-11)16-15(19)18-17-14-5-3-4-12(2)10-14/h6-9,12H,3-5,10H2,1-2H3,(H2,16,18,19)/b17-14-/t12-/m1/s1. The fourth-order valence-corrected chi connectivity index (χ4v) is 2.45. The highest BCUT2D eigenvalue weighted by Gasteiger charge is 2.13. The maximum Gasteiger partial charge on any atom is 0.191 e. The molecule has 3 nitrogen and oxygen atoms in total. The molecule has 0 unspecified atom stereocenters. The molecule has 4 heteroatoms. The van der Waals surface area contributed by atoms with Gasteiger partial charge in [0.25, 0.3) is 0 Å². The smallest absolute Gasteiger partial charge is 0.191 e. The van der Waals surface area contributed by atoms with Crippen molar-refractivity contribution in [3.63, 3.8) is 0 Å². The molecule has 1 aliphatic rings. The second-order valence-corrected chi connectivity index (χ2v) is 5.72. The summed E-state index contributed by atoms with van der Waals surface area (Å²) in [6.07, 6.45) is 4.72. The summed E-state index contributed by atoms with van der Waals surface area (Å²) >= 11 is 5.24. The molecule has 1 aromatic carbocycles. The third kappa shape index (κ3) is 4.63. The van der Waals surface area contributed by atoms with Crippen LogP contribution in [0, 0.1) is 12.8 Å². The number of nitrogens with zero attached hydrogens (tertiary/aromatic N) is 1. The number of hydrazone groups is 1. The minimum absolute atomic E-state index is 0.551. The summed E-state index contributed by atoms with van der Waals surface area (Å²) < 4.78 is 0. The van der Waals surface area contributed by atoms with Crippen LogP contribution in [-0.2, 0) is 0 Å². The van der Waals surface area contributed by atoms with Crippen LogP contribution in [0.4, 0.5) is 5.69 Å². The van der Waals surface area contributed by atoms with Crippen LogP contribution in [0.5, 0.6) is 0 Å². The summed E-state index contributed by atoms with van der Waals surface area (Å²) in [7, 11) is 0. The molecule has 0 radical (unpaired) electrons. The molecule has 1 saturated carbocycles. The SMILES string of the molecule is Cc1ccc(NC(=S)N/N=C2/CCC[C@@H](C)C2)cc1. The van der Waals surface area contributed by atoms with E-state index in [2.05, 4.69) is 41.8 Å². The zero-order valence-corrected chi connectivity index (χ0v) is 12.4. The minimum Gasteiger partial charge on any atom is -0.331 e. The average molecular weight is 275 g/mol. The first kappa shape index (κ1) is 14.0. The Bertz CT molecular complexity index is 465. The highest BCUT2D eigenvalue weighted by atomic mass is 32.1. The normalized spacial score (nSPS) is 21.2. The van der Waals surface area contributed by atoms with Gasteiger partial charge in [0.05, 0.1) is 0 Å². The van der Waals surface area contributed by atoms with Crippen molar-refractivity contribution in [2.75, 3.05) is 5.32 Å². The molecule has 0 aromatic heterocycles. The van der Waals surface area contributed by atoms with E-state index in [-0.39, 0.29) is 0 Å². The van der Waals surface area contributed by atoms with Gasteiger partial charge in [0.1, 0.15) is 0 Å². The molecule has 2 N–H and O–H groups in total. The summed E-state index contributed by atoms with van der Waals surface area (Å²) in [6, 6.07) is 8.14. The van der Waals surface area contributed by atoms with Gasteiger partial charge in [-0.25, -0.2) is 0 Å². The van der Waals surface area contributed by atoms with Crippen molar-refractivity contribution in [3.05, 3.63) is 29.8 Å². The fourth-order valence-electron chi connectivity index (χ4n) is 2.29. The van der Waals surface area contributed by atoms with E-state index in [1.54, 1.807) is 0 Å². The number of hydrogen-bond donors (Lipinski definition) is 2. The molecule has 102 valence electrons. The Kier molecular flexibility index (Phi) is 4.91. The molecule has 0 bridgehead atoms. The first-order valence-corrected chi connectivity index (χ1v) is 7.23. The summed E-state index contributed by atoms with van der Waals surface area (Å²) in [5.74, 6) is 0.743. The molecule has 2 rings (SSSR count). The molecule has 19 heavy (non-hydrogen) atoms. The van der Waals surface area contributed by atoms with Crippen molar-refractivity contribution in [1.82, 2.24) is 5.43 Å². The predicted octanol–water partition coefficient (Wildman–Crippen LogP) is 3.85. The summed E-state index contributed by atoms with van der Waals surface area (Å²) in [4.78, 5) is 0. The molecule has 1 fully saturated rings. The lowest BCUT2D eigenvalue weighted by molar-refractivity contribution is 0.498. The predicted molar refractivity (Wildman–Crippen MR) is 85.6 cm³/mol. The van der Waals surface area contributed by atoms with E-state index in [1.165, 1.54) is 24.1 Å². The van der Waals surface area contributed by atoms with Gasteiger partial charge < -0.3 is 5.32 Å². The fraction of sp³-hybridized carbons (Fsp3) is 0.467. The van der Waals surface area contributed by atoms with Crippen LogP contribution in [0.25, 0.3) is 0 Å². The van der Waals surface area contributed by atoms with Crippen LogP contribution >= 0.6 is 12.2 Å². The Labute approximate surface area is 120 Å². The molecule has 1 aromatic rings. The number of nitrogens with one attached hydrogen (secondary N) is 2. The van der Waals surface area contributed by atoms with Crippen molar-refractivity contribution in [1.29, 1.82) is 0 Å². The maximum absolute atomic E-state index is 5.24. The first-order chi connectivity index (χ1) is 9.13. The average Bonchev–Trinajstić information content (AvgIpc) is 2.39. The minimum atomic E-state index is 0.551. The lowest BCUT2D eigenvalue weighted by atomic mass is 9.89. The molecular formula is C15H21N3S. The highest BCUT2D eigenvalue weighted by molar-refractivity contribution is 7.80. The topological polar surface area (TPSA) is 36.4 Å². The summed E-state index contributed by atoms with van der Waals surface area (Å²) in [6.45, 7) is 4.34. The van der Waals surface area contributed by atoms with Crippen LogP contribution in [0.15, 0.2) is 29.4 Å². The molecule has 0 saturated heterocycles. The zero-order valence-electron chi connectivity index (χ0n) is 11.6. The molecule has 0 spiro atoms. The molecule has 1 aliphatic carbocycles. The van der Waals surface area contributed by atoms with Crippen LogP contribution in [0.1, 0.15) is 38.2 Å². The van der Waals surface area contributed by atoms with Gasteiger partial charge in [0.2, 0.25) is 0 Å². The monoisotopic (exact) mass is 275 g/mol. The number of anilines is 1. The van der Waals surface area contributed by atoms with E-state index in [0.717, 1.165) is 24.4 Å². The Morgan fingerprint density at radius 2 is 2.05 bits per heavy atom. The maximum atomic E-state index is 5.24. The van der Waals surface area contributed by atoms with Crippen LogP contribution in [0.2, 0.25) is 0 Å². The van der Waals surface area contributed by atoms with Gasteiger partial charge in [-0.15, -0.1) is 0 Å². The van der Waals surface area contributed by atoms with Crippen LogP contribution in [-0.4, -0.2) is 10.8 Å². The Hall–Kier alpha value is -1.42. The number of benzene rings is 1. The van der Waals surface area contributed by atoms with Gasteiger partial charge in [-0.2, -0.15) is 5.10 Å². The number of rotatable bonds is 2. The van der Waals surface area contributed by atoms with Gasteiger partial charge in [-0.3, -0.25) is 5.43 Å². The third-order valence-electron chi connectivity index (χ3n) is 3.37. The van der Waals surface area contributed by atoms with E-state index in [1.807, 2.05) is 12.1 Å². The van der Waals surface area contributed by atoms with Crippen molar-refractivity contribution in [2.45, 2.75) is 39.5 Å². The van der Waals surface area contributed by atoms with Crippen LogP contribution in [0.3, 0.4) is 0 Å². The van der Waals surface area contributed by atoms with E-state index in [9.17, 15) is 0 Å². The quantitative estimate of drug-likeness (QED) is 0.636. The first-order valence-electron chi connectivity index (χ1n) is 6.82. The second-order valence-electron chi connectivity index (χ2n) is 5.31. The Balaban J connectivity index is 1.84. The van der Waals surface area contributed by atoms with Gasteiger partial charge in [-0.1, -0.05) is 24.6 Å². The van der Waals surface area contributed by atoms with Gasteiger partial charge in [-0.05, 0) is 62.9 Å². The van der Waals surface area contributed by atoms with Gasteiger partial charge >= 0.3 is 0 Å². The molecular weight excluding hydrogens is 254 g/mol. The largest absolute Gasteiger partial charge is 0.331 e. The van der Waals surface area contributed by atoms with Crippen molar-refractivity contribution in [3.8, 4) is 0 Å². The molecule has 0 aliphatic heterocycles. The molecule has 1 atom stereocenters. The lowest BCUT2D eigenvalue weighted by Gasteiger charge is -2.19. The summed E-state index contributed by atoms with van der Waals surface area (Å²) in [5, 5.41) is 8.09. The van der Waals surface area contributed by atoms with Crippen LogP contribution < -0.4 is 10.7 Å². The van der Waals surface area contributed by atoms with E-state index in [4.69, 9.17) is 12.2 Å². The number of aryl methyl sites for hydroxylation is 1. The molecule has 0 amide bonds. The lowest BCUT2D eigenvalue weighted by Crippen LogP contribution is -2.26. The van der Waals surface area contributed by atoms with E-state index >= 15 is 0 Å². The van der Waals surface area contributed by atoms with Crippen molar-refractivity contribution < 1.29 is 0 Å². The second kappa shape index (κ2) is 6.66. The summed E-state index contributed by atoms with van der Waals surface area (Å²) in [5.41, 5.74) is 6.40. The Morgan fingerprint density at radius 1 is 1.32 bits per heavy atom. The van der Waals surface area contributed by atoms with E-state index < -0.39 is 0 Å². The van der Waals surface area contributed by atoms with E-state index in [0.29, 0.717) is 5.11 Å². The zero-order chi connectivity index (χ0) is 13.7. The highest BCUT2D eigenvalue weighted by Crippen LogP contribution is 2.20. The van der Waals surface area contributed by atoms with Gasteiger partial charge in [0.15, 0.2) is 5.11 Å². The third-order valence-corrected chi connectivity index (χ3v) is 3.56. The number of thiocarbonyl (C=S) groups is 1. The van der Waals surface area contributed by atoms with Crippen molar-refractivity contribution in [2.24, 2.45) is 11.0 Å². The van der Waals surface area contributed by atoms with Crippen molar-refractivity contribution >= 4 is 28.7 Å². The molecule has 0 heterocycles. The Morgan fingerprint density at radius 3 is 2.74 bits per heavy atom. The van der Waals surface area contributed by atoms with Gasteiger partial charge in [0, 0.05) is 11.4 Å².